The Morgan fingerprint density at radius 1 is 1.12 bits per heavy atom. The maximum Gasteiger partial charge on any atom is 0.269 e. The maximum absolute atomic E-state index is 13.0. The van der Waals surface area contributed by atoms with Crippen molar-refractivity contribution in [2.45, 2.75) is 0 Å². The molecule has 2 heterocycles. The number of thiazole rings is 1. The molecule has 2 aromatic carbocycles. The van der Waals surface area contributed by atoms with E-state index in [1.54, 1.807) is 12.1 Å². The van der Waals surface area contributed by atoms with Crippen molar-refractivity contribution in [2.75, 3.05) is 5.32 Å². The van der Waals surface area contributed by atoms with Crippen LogP contribution in [0.2, 0.25) is 5.02 Å². The van der Waals surface area contributed by atoms with E-state index in [4.69, 9.17) is 11.6 Å². The number of anilines is 1. The number of carbonyl (C=O) groups is 1. The second kappa shape index (κ2) is 6.55. The third-order valence-corrected chi connectivity index (χ3v) is 6.04. The van der Waals surface area contributed by atoms with Crippen LogP contribution in [0.15, 0.2) is 53.9 Å². The zero-order valence-corrected chi connectivity index (χ0v) is 15.0. The highest BCUT2D eigenvalue weighted by Crippen LogP contribution is 2.36. The van der Waals surface area contributed by atoms with E-state index in [0.29, 0.717) is 20.7 Å². The summed E-state index contributed by atoms with van der Waals surface area (Å²) in [7, 11) is 0. The number of benzene rings is 2. The molecule has 0 fully saturated rings. The van der Waals surface area contributed by atoms with Gasteiger partial charge in [-0.2, -0.15) is 0 Å². The van der Waals surface area contributed by atoms with Gasteiger partial charge in [-0.3, -0.25) is 10.1 Å². The van der Waals surface area contributed by atoms with E-state index in [2.05, 4.69) is 10.3 Å². The van der Waals surface area contributed by atoms with E-state index in [0.717, 1.165) is 15.6 Å². The standard InChI is InChI=1S/C18H10ClFN2OS2/c19-15-12-3-1-2-4-14(12)25-16(15)17(23)22-18-21-13(9-24-18)10-5-7-11(20)8-6-10/h1-9H,(H,21,22,23). The predicted octanol–water partition coefficient (Wildman–Crippen LogP) is 6.07. The van der Waals surface area contributed by atoms with E-state index in [-0.39, 0.29) is 11.7 Å². The second-order valence-electron chi connectivity index (χ2n) is 5.24. The molecule has 4 rings (SSSR count). The fourth-order valence-corrected chi connectivity index (χ4v) is 4.53. The Labute approximate surface area is 155 Å². The molecule has 0 radical (unpaired) electrons. The van der Waals surface area contributed by atoms with E-state index < -0.39 is 0 Å². The van der Waals surface area contributed by atoms with Crippen molar-refractivity contribution in [2.24, 2.45) is 0 Å². The lowest BCUT2D eigenvalue weighted by Crippen LogP contribution is -2.10. The molecule has 1 N–H and O–H groups in total. The Morgan fingerprint density at radius 3 is 2.64 bits per heavy atom. The van der Waals surface area contributed by atoms with E-state index in [1.165, 1.54) is 34.8 Å². The van der Waals surface area contributed by atoms with Gasteiger partial charge in [-0.05, 0) is 30.3 Å². The van der Waals surface area contributed by atoms with Crippen LogP contribution in [0.25, 0.3) is 21.3 Å². The first-order valence-corrected chi connectivity index (χ1v) is 9.39. The molecule has 25 heavy (non-hydrogen) atoms. The molecule has 0 saturated heterocycles. The molecule has 0 saturated carbocycles. The first-order valence-electron chi connectivity index (χ1n) is 7.31. The van der Waals surface area contributed by atoms with Gasteiger partial charge in [0.2, 0.25) is 0 Å². The van der Waals surface area contributed by atoms with Crippen LogP contribution in [0.5, 0.6) is 0 Å². The zero-order valence-electron chi connectivity index (χ0n) is 12.6. The van der Waals surface area contributed by atoms with Crippen molar-refractivity contribution < 1.29 is 9.18 Å². The summed E-state index contributed by atoms with van der Waals surface area (Å²) in [6.07, 6.45) is 0. The van der Waals surface area contributed by atoms with Gasteiger partial charge in [-0.1, -0.05) is 29.8 Å². The van der Waals surface area contributed by atoms with Crippen molar-refractivity contribution in [1.82, 2.24) is 4.98 Å². The van der Waals surface area contributed by atoms with E-state index in [9.17, 15) is 9.18 Å². The number of aromatic nitrogens is 1. The number of fused-ring (bicyclic) bond motifs is 1. The predicted molar refractivity (Wildman–Crippen MR) is 102 cm³/mol. The molecule has 2 aromatic heterocycles. The summed E-state index contributed by atoms with van der Waals surface area (Å²) in [6, 6.07) is 13.7. The highest BCUT2D eigenvalue weighted by atomic mass is 35.5. The first kappa shape index (κ1) is 16.2. The highest BCUT2D eigenvalue weighted by molar-refractivity contribution is 7.21. The van der Waals surface area contributed by atoms with Gasteiger partial charge in [0, 0.05) is 21.0 Å². The first-order chi connectivity index (χ1) is 12.1. The van der Waals surface area contributed by atoms with Crippen LogP contribution in [-0.4, -0.2) is 10.9 Å². The molecule has 0 spiro atoms. The largest absolute Gasteiger partial charge is 0.297 e. The van der Waals surface area contributed by atoms with Crippen molar-refractivity contribution in [3.63, 3.8) is 0 Å². The SMILES string of the molecule is O=C(Nc1nc(-c2ccc(F)cc2)cs1)c1sc2ccccc2c1Cl. The molecule has 0 bridgehead atoms. The lowest BCUT2D eigenvalue weighted by molar-refractivity contribution is 0.103. The molecular weight excluding hydrogens is 379 g/mol. The fourth-order valence-electron chi connectivity index (χ4n) is 2.40. The fraction of sp³-hybridized carbons (Fsp3) is 0. The average Bonchev–Trinajstić information content (AvgIpc) is 3.21. The number of nitrogens with zero attached hydrogens (tertiary/aromatic N) is 1. The van der Waals surface area contributed by atoms with Gasteiger partial charge in [0.05, 0.1) is 10.7 Å². The number of carbonyl (C=O) groups excluding carboxylic acids is 1. The lowest BCUT2D eigenvalue weighted by atomic mass is 10.2. The van der Waals surface area contributed by atoms with Gasteiger partial charge < -0.3 is 0 Å². The third kappa shape index (κ3) is 3.16. The van der Waals surface area contributed by atoms with Crippen LogP contribution in [-0.2, 0) is 0 Å². The molecular formula is C18H10ClFN2OS2. The third-order valence-electron chi connectivity index (χ3n) is 3.61. The Bertz CT molecular complexity index is 1070. The summed E-state index contributed by atoms with van der Waals surface area (Å²) < 4.78 is 14.0. The second-order valence-corrected chi connectivity index (χ2v) is 7.53. The Hall–Kier alpha value is -2.28. The Kier molecular flexibility index (Phi) is 4.25. The van der Waals surface area contributed by atoms with Gasteiger partial charge in [-0.15, -0.1) is 22.7 Å². The Balaban J connectivity index is 1.58. The minimum atomic E-state index is -0.299. The van der Waals surface area contributed by atoms with Crippen molar-refractivity contribution >= 4 is 55.4 Å². The average molecular weight is 389 g/mol. The summed E-state index contributed by atoms with van der Waals surface area (Å²) >= 11 is 8.99. The Morgan fingerprint density at radius 2 is 1.88 bits per heavy atom. The summed E-state index contributed by atoms with van der Waals surface area (Å²) in [6.45, 7) is 0. The van der Waals surface area contributed by atoms with Crippen LogP contribution in [0.4, 0.5) is 9.52 Å². The molecule has 0 aliphatic carbocycles. The molecule has 124 valence electrons. The number of halogens is 2. The number of hydrogen-bond acceptors (Lipinski definition) is 4. The number of thiophene rings is 1. The minimum absolute atomic E-state index is 0.286. The van der Waals surface area contributed by atoms with Crippen molar-refractivity contribution in [3.8, 4) is 11.3 Å². The molecule has 0 atom stereocenters. The van der Waals surface area contributed by atoms with E-state index in [1.807, 2.05) is 29.6 Å². The van der Waals surface area contributed by atoms with Crippen LogP contribution in [0.1, 0.15) is 9.67 Å². The molecule has 0 unspecified atom stereocenters. The normalized spacial score (nSPS) is 11.0. The molecule has 4 aromatic rings. The van der Waals surface area contributed by atoms with Crippen LogP contribution >= 0.6 is 34.3 Å². The van der Waals surface area contributed by atoms with Crippen LogP contribution in [0, 0.1) is 5.82 Å². The lowest BCUT2D eigenvalue weighted by Gasteiger charge is -1.99. The van der Waals surface area contributed by atoms with Gasteiger partial charge in [0.15, 0.2) is 5.13 Å². The zero-order chi connectivity index (χ0) is 17.4. The molecule has 1 amide bonds. The molecule has 7 heteroatoms. The van der Waals surface area contributed by atoms with Crippen LogP contribution in [0.3, 0.4) is 0 Å². The van der Waals surface area contributed by atoms with Crippen molar-refractivity contribution in [1.29, 1.82) is 0 Å². The number of rotatable bonds is 3. The number of hydrogen-bond donors (Lipinski definition) is 1. The van der Waals surface area contributed by atoms with Gasteiger partial charge >= 0.3 is 0 Å². The smallest absolute Gasteiger partial charge is 0.269 e. The summed E-state index contributed by atoms with van der Waals surface area (Å²) in [4.78, 5) is 17.4. The minimum Gasteiger partial charge on any atom is -0.297 e. The van der Waals surface area contributed by atoms with Crippen molar-refractivity contribution in [3.05, 3.63) is 69.6 Å². The maximum atomic E-state index is 13.0. The summed E-state index contributed by atoms with van der Waals surface area (Å²) in [5.41, 5.74) is 1.47. The monoisotopic (exact) mass is 388 g/mol. The van der Waals surface area contributed by atoms with Gasteiger partial charge in [0.1, 0.15) is 10.7 Å². The number of nitrogens with one attached hydrogen (secondary N) is 1. The van der Waals surface area contributed by atoms with Crippen LogP contribution < -0.4 is 5.32 Å². The quantitative estimate of drug-likeness (QED) is 0.462. The van der Waals surface area contributed by atoms with Gasteiger partial charge in [0.25, 0.3) is 5.91 Å². The summed E-state index contributed by atoms with van der Waals surface area (Å²) in [5.74, 6) is -0.585. The van der Waals surface area contributed by atoms with E-state index >= 15 is 0 Å². The topological polar surface area (TPSA) is 42.0 Å². The summed E-state index contributed by atoms with van der Waals surface area (Å²) in [5, 5.41) is 6.39. The molecule has 3 nitrogen and oxygen atoms in total. The highest BCUT2D eigenvalue weighted by Gasteiger charge is 2.18. The molecule has 0 aliphatic heterocycles. The number of amides is 1. The van der Waals surface area contributed by atoms with Gasteiger partial charge in [-0.25, -0.2) is 9.37 Å². The molecule has 0 aliphatic rings.